The molecule has 0 saturated carbocycles. The molecule has 0 aliphatic carbocycles. The SMILES string of the molecule is c1ccc(-c2nc(-c3ccc4c(c3)c3cc(-c5nc(-c6ccccn6)nc6ccccc56)ccc3n4-c3ccccn3)c3ccccc3n2)nc1. The van der Waals surface area contributed by atoms with Gasteiger partial charge in [-0.3, -0.25) is 14.5 Å². The molecule has 10 rings (SSSR count). The first-order chi connectivity index (χ1) is 25.3. The van der Waals surface area contributed by atoms with Gasteiger partial charge in [0.05, 0.1) is 33.5 Å². The van der Waals surface area contributed by atoms with Crippen molar-refractivity contribution >= 4 is 43.6 Å². The number of benzene rings is 4. The number of hydrogen-bond donors (Lipinski definition) is 0. The van der Waals surface area contributed by atoms with E-state index in [9.17, 15) is 0 Å². The second-order valence-electron chi connectivity index (χ2n) is 12.2. The van der Waals surface area contributed by atoms with Crippen molar-refractivity contribution in [1.82, 2.24) is 39.5 Å². The molecule has 0 radical (unpaired) electrons. The minimum absolute atomic E-state index is 0.585. The third-order valence-electron chi connectivity index (χ3n) is 9.18. The Kier molecular flexibility index (Phi) is 6.63. The van der Waals surface area contributed by atoms with Crippen LogP contribution in [0.25, 0.3) is 95.0 Å². The van der Waals surface area contributed by atoms with Gasteiger partial charge < -0.3 is 0 Å². The molecule has 51 heavy (non-hydrogen) atoms. The molecular weight excluding hydrogens is 629 g/mol. The van der Waals surface area contributed by atoms with Gasteiger partial charge in [0.15, 0.2) is 11.6 Å². The van der Waals surface area contributed by atoms with E-state index in [0.717, 1.165) is 83.3 Å². The van der Waals surface area contributed by atoms with Crippen molar-refractivity contribution < 1.29 is 0 Å². The highest BCUT2D eigenvalue weighted by atomic mass is 15.1. The van der Waals surface area contributed by atoms with Crippen LogP contribution in [0, 0.1) is 0 Å². The Hall–Kier alpha value is -7.19. The number of rotatable bonds is 5. The van der Waals surface area contributed by atoms with Gasteiger partial charge in [-0.25, -0.2) is 24.9 Å². The van der Waals surface area contributed by atoms with Crippen LogP contribution in [0.3, 0.4) is 0 Å². The molecule has 0 spiro atoms. The fourth-order valence-electron chi connectivity index (χ4n) is 6.86. The van der Waals surface area contributed by atoms with E-state index in [1.165, 1.54) is 0 Å². The van der Waals surface area contributed by atoms with E-state index in [-0.39, 0.29) is 0 Å². The molecule has 0 atom stereocenters. The van der Waals surface area contributed by atoms with Crippen LogP contribution in [0.4, 0.5) is 0 Å². The lowest BCUT2D eigenvalue weighted by atomic mass is 10.0. The Morgan fingerprint density at radius 1 is 0.373 bits per heavy atom. The average molecular weight is 655 g/mol. The van der Waals surface area contributed by atoms with Gasteiger partial charge in [0.1, 0.15) is 17.2 Å². The number of fused-ring (bicyclic) bond motifs is 5. The number of hydrogen-bond acceptors (Lipinski definition) is 7. The average Bonchev–Trinajstić information content (AvgIpc) is 3.54. The van der Waals surface area contributed by atoms with E-state index in [4.69, 9.17) is 24.9 Å². The molecule has 238 valence electrons. The van der Waals surface area contributed by atoms with Gasteiger partial charge in [-0.15, -0.1) is 0 Å². The largest absolute Gasteiger partial charge is 0.294 e. The second kappa shape index (κ2) is 11.7. The van der Waals surface area contributed by atoms with Crippen LogP contribution >= 0.6 is 0 Å². The van der Waals surface area contributed by atoms with Crippen molar-refractivity contribution in [3.05, 3.63) is 158 Å². The Balaban J connectivity index is 1.24. The minimum atomic E-state index is 0.585. The van der Waals surface area contributed by atoms with E-state index < -0.39 is 0 Å². The van der Waals surface area contributed by atoms with Crippen molar-refractivity contribution in [2.75, 3.05) is 0 Å². The van der Waals surface area contributed by atoms with Crippen molar-refractivity contribution in [2.24, 2.45) is 0 Å². The Morgan fingerprint density at radius 3 is 1.31 bits per heavy atom. The fraction of sp³-hybridized carbons (Fsp3) is 0. The van der Waals surface area contributed by atoms with Crippen molar-refractivity contribution in [3.63, 3.8) is 0 Å². The van der Waals surface area contributed by atoms with Crippen LogP contribution in [0.1, 0.15) is 0 Å². The Bertz CT molecular complexity index is 2730. The molecule has 6 heterocycles. The van der Waals surface area contributed by atoms with E-state index in [1.54, 1.807) is 12.4 Å². The quantitative estimate of drug-likeness (QED) is 0.182. The summed E-state index contributed by atoms with van der Waals surface area (Å²) in [6.07, 6.45) is 5.36. The van der Waals surface area contributed by atoms with Gasteiger partial charge >= 0.3 is 0 Å². The summed E-state index contributed by atoms with van der Waals surface area (Å²) >= 11 is 0. The summed E-state index contributed by atoms with van der Waals surface area (Å²) in [5.41, 5.74) is 8.90. The predicted octanol–water partition coefficient (Wildman–Crippen LogP) is 9.52. The van der Waals surface area contributed by atoms with Gasteiger partial charge in [-0.2, -0.15) is 0 Å². The van der Waals surface area contributed by atoms with Crippen LogP contribution in [0.5, 0.6) is 0 Å². The molecule has 6 aromatic heterocycles. The van der Waals surface area contributed by atoms with E-state index in [0.29, 0.717) is 11.6 Å². The van der Waals surface area contributed by atoms with Crippen molar-refractivity contribution in [2.45, 2.75) is 0 Å². The molecule has 0 aliphatic heterocycles. The first kappa shape index (κ1) is 28.8. The van der Waals surface area contributed by atoms with Gasteiger partial charge in [0.25, 0.3) is 0 Å². The molecule has 0 unspecified atom stereocenters. The van der Waals surface area contributed by atoms with Gasteiger partial charge in [-0.1, -0.05) is 66.7 Å². The lowest BCUT2D eigenvalue weighted by molar-refractivity contribution is 1.08. The summed E-state index contributed by atoms with van der Waals surface area (Å²) in [6, 6.07) is 46.9. The summed E-state index contributed by atoms with van der Waals surface area (Å²) in [5, 5.41) is 4.08. The van der Waals surface area contributed by atoms with Crippen molar-refractivity contribution in [3.8, 4) is 51.4 Å². The molecule has 0 amide bonds. The van der Waals surface area contributed by atoms with Crippen LogP contribution in [0.15, 0.2) is 158 Å². The zero-order valence-electron chi connectivity index (χ0n) is 27.1. The summed E-state index contributed by atoms with van der Waals surface area (Å²) < 4.78 is 2.22. The van der Waals surface area contributed by atoms with Crippen LogP contribution in [-0.4, -0.2) is 39.5 Å². The number of aromatic nitrogens is 8. The number of nitrogens with zero attached hydrogens (tertiary/aromatic N) is 8. The monoisotopic (exact) mass is 654 g/mol. The molecule has 0 aliphatic rings. The zero-order valence-corrected chi connectivity index (χ0v) is 27.1. The molecule has 0 N–H and O–H groups in total. The predicted molar refractivity (Wildman–Crippen MR) is 202 cm³/mol. The Labute approximate surface area is 291 Å². The maximum atomic E-state index is 5.12. The first-order valence-corrected chi connectivity index (χ1v) is 16.7. The molecule has 0 bridgehead atoms. The topological polar surface area (TPSA) is 95.2 Å². The minimum Gasteiger partial charge on any atom is -0.294 e. The molecule has 10 aromatic rings. The molecule has 4 aromatic carbocycles. The van der Waals surface area contributed by atoms with E-state index in [1.807, 2.05) is 97.2 Å². The number of para-hydroxylation sites is 2. The highest BCUT2D eigenvalue weighted by Gasteiger charge is 2.19. The molecule has 8 nitrogen and oxygen atoms in total. The highest BCUT2D eigenvalue weighted by molar-refractivity contribution is 6.12. The van der Waals surface area contributed by atoms with E-state index in [2.05, 4.69) is 63.1 Å². The van der Waals surface area contributed by atoms with Crippen LogP contribution in [0.2, 0.25) is 0 Å². The molecule has 0 saturated heterocycles. The molecular formula is C43H26N8. The van der Waals surface area contributed by atoms with Gasteiger partial charge in [0, 0.05) is 51.3 Å². The normalized spacial score (nSPS) is 11.5. The van der Waals surface area contributed by atoms with Gasteiger partial charge in [-0.05, 0) is 72.8 Å². The maximum absolute atomic E-state index is 5.12. The summed E-state index contributed by atoms with van der Waals surface area (Å²) in [4.78, 5) is 33.9. The molecule has 0 fully saturated rings. The maximum Gasteiger partial charge on any atom is 0.179 e. The van der Waals surface area contributed by atoms with Crippen molar-refractivity contribution in [1.29, 1.82) is 0 Å². The first-order valence-electron chi connectivity index (χ1n) is 16.7. The number of pyridine rings is 3. The van der Waals surface area contributed by atoms with Gasteiger partial charge in [0.2, 0.25) is 0 Å². The molecule has 8 heteroatoms. The lowest BCUT2D eigenvalue weighted by Crippen LogP contribution is -1.98. The fourth-order valence-corrected chi connectivity index (χ4v) is 6.86. The van der Waals surface area contributed by atoms with E-state index >= 15 is 0 Å². The Morgan fingerprint density at radius 2 is 0.843 bits per heavy atom. The standard InChI is InChI=1S/C43H26N8/c1-3-13-33-29(11-1)40(49-42(47-33)35-15-5-8-22-44-35)27-18-20-37-31(25-27)32-26-28(19-21-38(32)51(37)39-17-7-10-24-46-39)41-30-12-2-4-14-34(30)48-43(50-41)36-16-6-9-23-45-36/h1-26H. The smallest absolute Gasteiger partial charge is 0.179 e. The third-order valence-corrected chi connectivity index (χ3v) is 9.18. The summed E-state index contributed by atoms with van der Waals surface area (Å²) in [5.74, 6) is 2.01. The highest BCUT2D eigenvalue weighted by Crippen LogP contribution is 2.39. The second-order valence-corrected chi connectivity index (χ2v) is 12.2. The summed E-state index contributed by atoms with van der Waals surface area (Å²) in [7, 11) is 0. The summed E-state index contributed by atoms with van der Waals surface area (Å²) in [6.45, 7) is 0. The van der Waals surface area contributed by atoms with Crippen LogP contribution in [-0.2, 0) is 0 Å². The lowest BCUT2D eigenvalue weighted by Gasteiger charge is -2.10. The zero-order chi connectivity index (χ0) is 33.7. The third kappa shape index (κ3) is 4.89. The van der Waals surface area contributed by atoms with Crippen LogP contribution < -0.4 is 0 Å².